The van der Waals surface area contributed by atoms with Gasteiger partial charge in [0.25, 0.3) is 5.56 Å². The first-order valence-corrected chi connectivity index (χ1v) is 14.0. The fourth-order valence-corrected chi connectivity index (χ4v) is 5.91. The Balaban J connectivity index is 1.93. The number of carbonyl (C=O) groups excluding carboxylic acids is 1. The Morgan fingerprint density at radius 2 is 1.70 bits per heavy atom. The van der Waals surface area contributed by atoms with Gasteiger partial charge in [-0.2, -0.15) is 0 Å². The number of benzene rings is 2. The highest BCUT2D eigenvalue weighted by molar-refractivity contribution is 7.07. The van der Waals surface area contributed by atoms with Crippen LogP contribution >= 0.6 is 11.3 Å². The van der Waals surface area contributed by atoms with E-state index < -0.39 is 12.0 Å². The van der Waals surface area contributed by atoms with Gasteiger partial charge in [-0.25, -0.2) is 9.79 Å². The van der Waals surface area contributed by atoms with Crippen molar-refractivity contribution in [3.8, 4) is 17.2 Å². The summed E-state index contributed by atoms with van der Waals surface area (Å²) in [6, 6.07) is 10.5. The van der Waals surface area contributed by atoms with Gasteiger partial charge in [0.1, 0.15) is 5.75 Å². The monoisotopic (exact) mass is 565 g/mol. The summed E-state index contributed by atoms with van der Waals surface area (Å²) < 4.78 is 24.0. The van der Waals surface area contributed by atoms with Gasteiger partial charge in [-0.15, -0.1) is 0 Å². The molecule has 1 unspecified atom stereocenters. The van der Waals surface area contributed by atoms with Crippen LogP contribution in [0, 0.1) is 0 Å². The molecule has 1 aromatic heterocycles. The molecule has 2 aromatic carbocycles. The normalized spacial score (nSPS) is 14.9. The molecule has 2 heterocycles. The van der Waals surface area contributed by atoms with Crippen LogP contribution in [0.15, 0.2) is 57.5 Å². The van der Waals surface area contributed by atoms with Crippen molar-refractivity contribution in [3.05, 3.63) is 78.5 Å². The molecule has 1 atom stereocenters. The zero-order chi connectivity index (χ0) is 29.0. The van der Waals surface area contributed by atoms with E-state index in [2.05, 4.69) is 23.7 Å². The van der Waals surface area contributed by atoms with Crippen LogP contribution in [0.4, 0.5) is 5.69 Å². The first-order chi connectivity index (χ1) is 19.3. The van der Waals surface area contributed by atoms with Gasteiger partial charge >= 0.3 is 5.97 Å². The van der Waals surface area contributed by atoms with Crippen LogP contribution in [0.25, 0.3) is 6.08 Å². The zero-order valence-electron chi connectivity index (χ0n) is 23.9. The molecule has 3 aromatic rings. The van der Waals surface area contributed by atoms with Crippen molar-refractivity contribution in [3.63, 3.8) is 0 Å². The van der Waals surface area contributed by atoms with E-state index in [0.717, 1.165) is 24.3 Å². The molecule has 0 radical (unpaired) electrons. The molecule has 0 N–H and O–H groups in total. The summed E-state index contributed by atoms with van der Waals surface area (Å²) in [5.74, 6) is 1.16. The third-order valence-electron chi connectivity index (χ3n) is 6.87. The average Bonchev–Trinajstić information content (AvgIpc) is 3.27. The van der Waals surface area contributed by atoms with E-state index in [1.54, 1.807) is 51.9 Å². The topological polar surface area (TPSA) is 91.6 Å². The Morgan fingerprint density at radius 1 is 1.00 bits per heavy atom. The fraction of sp³-hybridized carbons (Fsp3) is 0.367. The van der Waals surface area contributed by atoms with Gasteiger partial charge in [0.15, 0.2) is 16.3 Å². The molecule has 0 saturated heterocycles. The number of thiazole rings is 1. The minimum atomic E-state index is -0.760. The summed E-state index contributed by atoms with van der Waals surface area (Å²) in [5.41, 5.74) is 3.01. The lowest BCUT2D eigenvalue weighted by molar-refractivity contribution is -0.139. The predicted octanol–water partition coefficient (Wildman–Crippen LogP) is 3.67. The lowest BCUT2D eigenvalue weighted by atomic mass is 9.95. The van der Waals surface area contributed by atoms with Crippen LogP contribution in [-0.4, -0.2) is 51.6 Å². The molecule has 0 bridgehead atoms. The number of fused-ring (bicyclic) bond motifs is 1. The van der Waals surface area contributed by atoms with Crippen LogP contribution in [0.2, 0.25) is 0 Å². The Labute approximate surface area is 237 Å². The molecule has 0 fully saturated rings. The zero-order valence-corrected chi connectivity index (χ0v) is 24.8. The third kappa shape index (κ3) is 5.36. The summed E-state index contributed by atoms with van der Waals surface area (Å²) in [6.45, 7) is 9.64. The molecular formula is C30H35N3O6S. The lowest BCUT2D eigenvalue weighted by Gasteiger charge is -2.25. The maximum atomic E-state index is 14.0. The number of nitrogens with zero attached hydrogens (tertiary/aromatic N) is 3. The minimum Gasteiger partial charge on any atom is -0.496 e. The smallest absolute Gasteiger partial charge is 0.338 e. The number of allylic oxidation sites excluding steroid dienone is 1. The molecule has 212 valence electrons. The number of carbonyl (C=O) groups is 1. The van der Waals surface area contributed by atoms with Crippen LogP contribution in [0.3, 0.4) is 0 Å². The molecule has 1 aliphatic heterocycles. The quantitative estimate of drug-likeness (QED) is 0.347. The van der Waals surface area contributed by atoms with Crippen molar-refractivity contribution in [1.82, 2.24) is 4.57 Å². The summed E-state index contributed by atoms with van der Waals surface area (Å²) in [5, 5.41) is 0. The van der Waals surface area contributed by atoms with Crippen molar-refractivity contribution in [2.24, 2.45) is 4.99 Å². The minimum absolute atomic E-state index is 0.196. The number of esters is 1. The van der Waals surface area contributed by atoms with Gasteiger partial charge in [-0.05, 0) is 63.6 Å². The van der Waals surface area contributed by atoms with E-state index in [0.29, 0.717) is 43.4 Å². The Bertz CT molecular complexity index is 1620. The molecule has 0 spiro atoms. The predicted molar refractivity (Wildman–Crippen MR) is 156 cm³/mol. The van der Waals surface area contributed by atoms with Crippen molar-refractivity contribution in [2.75, 3.05) is 45.9 Å². The van der Waals surface area contributed by atoms with E-state index in [1.165, 1.54) is 11.3 Å². The number of anilines is 1. The Kier molecular flexibility index (Phi) is 8.99. The van der Waals surface area contributed by atoms with Gasteiger partial charge < -0.3 is 23.8 Å². The van der Waals surface area contributed by atoms with E-state index >= 15 is 0 Å². The van der Waals surface area contributed by atoms with Crippen LogP contribution in [-0.2, 0) is 9.53 Å². The van der Waals surface area contributed by atoms with Gasteiger partial charge in [0.05, 0.1) is 49.8 Å². The van der Waals surface area contributed by atoms with Crippen molar-refractivity contribution in [2.45, 2.75) is 33.7 Å². The second-order valence-corrected chi connectivity index (χ2v) is 10.0. The van der Waals surface area contributed by atoms with Gasteiger partial charge in [0.2, 0.25) is 0 Å². The third-order valence-corrected chi connectivity index (χ3v) is 7.86. The molecule has 9 nitrogen and oxygen atoms in total. The lowest BCUT2D eigenvalue weighted by Crippen LogP contribution is -2.40. The van der Waals surface area contributed by atoms with Crippen molar-refractivity contribution < 1.29 is 23.7 Å². The number of rotatable bonds is 10. The highest BCUT2D eigenvalue weighted by atomic mass is 32.1. The summed E-state index contributed by atoms with van der Waals surface area (Å²) in [6.07, 6.45) is 1.81. The van der Waals surface area contributed by atoms with Gasteiger partial charge in [-0.1, -0.05) is 17.4 Å². The maximum Gasteiger partial charge on any atom is 0.338 e. The van der Waals surface area contributed by atoms with Crippen LogP contribution in [0.5, 0.6) is 17.2 Å². The molecule has 1 aliphatic rings. The van der Waals surface area contributed by atoms with Crippen LogP contribution < -0.4 is 34.0 Å². The van der Waals surface area contributed by atoms with Gasteiger partial charge in [0, 0.05) is 30.4 Å². The molecule has 0 aliphatic carbocycles. The van der Waals surface area contributed by atoms with Crippen molar-refractivity contribution in [1.29, 1.82) is 0 Å². The highest BCUT2D eigenvalue weighted by Crippen LogP contribution is 2.36. The Hall–Kier alpha value is -4.05. The number of methoxy groups -OCH3 is 3. The first kappa shape index (κ1) is 28.9. The summed E-state index contributed by atoms with van der Waals surface area (Å²) in [7, 11) is 4.71. The van der Waals surface area contributed by atoms with E-state index in [-0.39, 0.29) is 12.2 Å². The molecule has 4 rings (SSSR count). The van der Waals surface area contributed by atoms with E-state index in [4.69, 9.17) is 18.9 Å². The second kappa shape index (κ2) is 12.4. The number of hydrogen-bond donors (Lipinski definition) is 0. The number of ether oxygens (including phenoxy) is 4. The first-order valence-electron chi connectivity index (χ1n) is 13.2. The second-order valence-electron chi connectivity index (χ2n) is 9.02. The highest BCUT2D eigenvalue weighted by Gasteiger charge is 2.34. The van der Waals surface area contributed by atoms with Crippen LogP contribution in [0.1, 0.15) is 44.9 Å². The largest absolute Gasteiger partial charge is 0.496 e. The maximum absolute atomic E-state index is 14.0. The number of aromatic nitrogens is 1. The average molecular weight is 566 g/mol. The summed E-state index contributed by atoms with van der Waals surface area (Å²) in [4.78, 5) is 34.5. The Morgan fingerprint density at radius 3 is 2.33 bits per heavy atom. The van der Waals surface area contributed by atoms with E-state index in [9.17, 15) is 9.59 Å². The SMILES string of the molecule is CCOC(=O)C1=C(C)N=c2sc(=Cc3ccc(N(CC)CC)cc3OC)c(=O)n2C1c1ccc(OC)c(OC)c1. The van der Waals surface area contributed by atoms with E-state index in [1.807, 2.05) is 30.3 Å². The fourth-order valence-electron chi connectivity index (χ4n) is 4.88. The molecule has 10 heteroatoms. The molecule has 0 amide bonds. The molecule has 0 saturated carbocycles. The standard InChI is InChI=1S/C30H35N3O6S/c1-8-32(9-2)21-13-11-19(23(17-21)37-6)16-25-28(34)33-27(20-12-14-22(36-5)24(15-20)38-7)26(29(35)39-10-3)18(4)31-30(33)40-25/h11-17,27H,8-10H2,1-7H3. The molecule has 40 heavy (non-hydrogen) atoms. The van der Waals surface area contributed by atoms with Crippen molar-refractivity contribution >= 4 is 29.1 Å². The molecular weight excluding hydrogens is 530 g/mol. The number of hydrogen-bond acceptors (Lipinski definition) is 9. The van der Waals surface area contributed by atoms with Gasteiger partial charge in [-0.3, -0.25) is 9.36 Å². The summed E-state index contributed by atoms with van der Waals surface area (Å²) >= 11 is 1.26.